The molecule has 1 aromatic carbocycles. The number of aromatic nitrogens is 2. The number of imidazole rings is 1. The maximum absolute atomic E-state index is 13.3. The Bertz CT molecular complexity index is 1150. The number of carbonyl (C=O) groups excluding carboxylic acids is 4. The van der Waals surface area contributed by atoms with Crippen molar-refractivity contribution < 1.29 is 47.4 Å². The molecule has 1 aliphatic rings. The van der Waals surface area contributed by atoms with E-state index in [9.17, 15) is 28.8 Å². The van der Waals surface area contributed by atoms with Crippen LogP contribution in [-0.4, -0.2) is 64.0 Å². The van der Waals surface area contributed by atoms with Crippen molar-refractivity contribution in [2.75, 3.05) is 13.7 Å². The highest BCUT2D eigenvalue weighted by atomic mass is 31.2. The van der Waals surface area contributed by atoms with Crippen LogP contribution in [0.1, 0.15) is 23.6 Å². The Kier molecular flexibility index (Phi) is 7.47. The zero-order chi connectivity index (χ0) is 25.0. The average Bonchev–Trinajstić information content (AvgIpc) is 3.32. The summed E-state index contributed by atoms with van der Waals surface area (Å²) in [6.07, 6.45) is -2.30. The number of hydrogen-bond acceptors (Lipinski definition) is 11. The van der Waals surface area contributed by atoms with Gasteiger partial charge in [0.05, 0.1) is 13.7 Å². The van der Waals surface area contributed by atoms with Crippen LogP contribution < -0.4 is 15.3 Å². The van der Waals surface area contributed by atoms with Gasteiger partial charge in [0.25, 0.3) is 11.7 Å². The van der Waals surface area contributed by atoms with E-state index in [-0.39, 0.29) is 5.75 Å². The van der Waals surface area contributed by atoms with Crippen LogP contribution in [0.15, 0.2) is 36.7 Å². The second kappa shape index (κ2) is 10.1. The Morgan fingerprint density at radius 3 is 2.56 bits per heavy atom. The number of para-hydroxylation sites is 1. The molecule has 4 atom stereocenters. The molecule has 0 aliphatic carbocycles. The van der Waals surface area contributed by atoms with E-state index in [4.69, 9.17) is 19.5 Å². The van der Waals surface area contributed by atoms with Crippen LogP contribution in [0, 0.1) is 0 Å². The number of benzene rings is 1. The van der Waals surface area contributed by atoms with Crippen molar-refractivity contribution in [3.63, 3.8) is 0 Å². The highest BCUT2D eigenvalue weighted by molar-refractivity contribution is 7.52. The molecule has 1 amide bonds. The Morgan fingerprint density at radius 1 is 1.29 bits per heavy atom. The van der Waals surface area contributed by atoms with E-state index in [1.807, 2.05) is 0 Å². The lowest BCUT2D eigenvalue weighted by molar-refractivity contribution is -0.142. The fourth-order valence-corrected chi connectivity index (χ4v) is 4.40. The zero-order valence-corrected chi connectivity index (χ0v) is 18.8. The predicted octanol–water partition coefficient (Wildman–Crippen LogP) is 0.0780. The van der Waals surface area contributed by atoms with Crippen molar-refractivity contribution in [3.8, 4) is 11.6 Å². The molecule has 0 saturated carbocycles. The summed E-state index contributed by atoms with van der Waals surface area (Å²) in [5.41, 5.74) is 4.55. The lowest BCUT2D eigenvalue weighted by Crippen LogP contribution is -2.35. The molecule has 1 aromatic heterocycles. The van der Waals surface area contributed by atoms with Crippen molar-refractivity contribution in [1.82, 2.24) is 14.6 Å². The zero-order valence-electron chi connectivity index (χ0n) is 17.9. The molecule has 0 bridgehead atoms. The molecule has 2 aromatic rings. The van der Waals surface area contributed by atoms with Gasteiger partial charge in [0.2, 0.25) is 17.9 Å². The quantitative estimate of drug-likeness (QED) is 0.228. The van der Waals surface area contributed by atoms with Gasteiger partial charge in [0.15, 0.2) is 11.8 Å². The molecule has 0 radical (unpaired) electrons. The van der Waals surface area contributed by atoms with Crippen molar-refractivity contribution in [2.45, 2.75) is 25.3 Å². The molecule has 182 valence electrons. The largest absolute Gasteiger partial charge is 0.493 e. The van der Waals surface area contributed by atoms with E-state index in [0.717, 1.165) is 18.0 Å². The van der Waals surface area contributed by atoms with Crippen LogP contribution in [0.5, 0.6) is 11.6 Å². The van der Waals surface area contributed by atoms with Gasteiger partial charge in [-0.15, -0.1) is 0 Å². The van der Waals surface area contributed by atoms with Crippen LogP contribution >= 0.6 is 7.75 Å². The topological polar surface area (TPSA) is 198 Å². The van der Waals surface area contributed by atoms with Gasteiger partial charge in [0, 0.05) is 0 Å². The molecule has 1 fully saturated rings. The minimum absolute atomic E-state index is 0.130. The van der Waals surface area contributed by atoms with Gasteiger partial charge in [-0.3, -0.25) is 28.3 Å². The Morgan fingerprint density at radius 2 is 1.97 bits per heavy atom. The number of ketones is 2. The predicted molar refractivity (Wildman–Crippen MR) is 112 cm³/mol. The number of nitrogens with two attached hydrogens (primary N) is 1. The lowest BCUT2D eigenvalue weighted by Gasteiger charge is -2.23. The van der Waals surface area contributed by atoms with Crippen molar-refractivity contribution >= 4 is 31.2 Å². The molecule has 3 rings (SSSR count). The van der Waals surface area contributed by atoms with Gasteiger partial charge < -0.3 is 24.8 Å². The van der Waals surface area contributed by atoms with Crippen molar-refractivity contribution in [3.05, 3.63) is 42.4 Å². The monoisotopic (exact) mass is 496 g/mol. The summed E-state index contributed by atoms with van der Waals surface area (Å²) in [6.45, 7) is 0.634. The van der Waals surface area contributed by atoms with Crippen LogP contribution in [0.3, 0.4) is 0 Å². The summed E-state index contributed by atoms with van der Waals surface area (Å²) >= 11 is 0. The Balaban J connectivity index is 1.77. The summed E-state index contributed by atoms with van der Waals surface area (Å²) in [7, 11) is -3.16. The Hall–Kier alpha value is -3.58. The van der Waals surface area contributed by atoms with E-state index in [2.05, 4.69) is 14.8 Å². The number of ether oxygens (including phenoxy) is 2. The number of primary amides is 1. The third kappa shape index (κ3) is 5.31. The fourth-order valence-electron chi connectivity index (χ4n) is 2.91. The molecule has 4 N–H and O–H groups in total. The van der Waals surface area contributed by atoms with Gasteiger partial charge in [0.1, 0.15) is 18.1 Å². The third-order valence-electron chi connectivity index (χ3n) is 4.58. The SMILES string of the molecule is COC(=O)C(C)NP(=O)(OC[C@H]1O[C@@H](n2cnc(C(N)=O)c2O)C(=O)C1=O)Oc1ccccc1. The van der Waals surface area contributed by atoms with Crippen LogP contribution in [0.25, 0.3) is 0 Å². The number of esters is 1. The Labute approximate surface area is 192 Å². The van der Waals surface area contributed by atoms with Crippen molar-refractivity contribution in [1.29, 1.82) is 0 Å². The lowest BCUT2D eigenvalue weighted by atomic mass is 10.2. The molecule has 1 saturated heterocycles. The first-order valence-corrected chi connectivity index (χ1v) is 11.2. The molecule has 1 aliphatic heterocycles. The number of nitrogens with zero attached hydrogens (tertiary/aromatic N) is 2. The van der Waals surface area contributed by atoms with E-state index in [1.54, 1.807) is 18.2 Å². The smallest absolute Gasteiger partial charge is 0.459 e. The van der Waals surface area contributed by atoms with Gasteiger partial charge in [-0.25, -0.2) is 9.55 Å². The number of methoxy groups -OCH3 is 1. The maximum Gasteiger partial charge on any atom is 0.459 e. The molecule has 14 nitrogen and oxygen atoms in total. The molecule has 15 heteroatoms. The molecule has 2 heterocycles. The van der Waals surface area contributed by atoms with Gasteiger partial charge >= 0.3 is 13.7 Å². The van der Waals surface area contributed by atoms with Crippen LogP contribution in [0.2, 0.25) is 0 Å². The number of nitrogens with one attached hydrogen (secondary N) is 1. The third-order valence-corrected chi connectivity index (χ3v) is 6.22. The summed E-state index contributed by atoms with van der Waals surface area (Å²) < 4.78 is 34.7. The van der Waals surface area contributed by atoms with E-state index in [0.29, 0.717) is 0 Å². The summed E-state index contributed by atoms with van der Waals surface area (Å²) in [5, 5.41) is 12.4. The fraction of sp³-hybridized carbons (Fsp3) is 0.316. The standard InChI is InChI=1S/C19H21N4O10P/c1-10(19(28)30-2)22-34(29,33-11-6-4-3-5-7-11)31-8-12-14(24)15(25)18(32-12)23-9-21-13(16(20)26)17(23)27/h3-7,9-10,12,18,27H,8H2,1-2H3,(H2,20,26)(H,22,29)/t10?,12-,18-,34?/m1/s1. The number of aromatic hydroxyl groups is 1. The first-order valence-electron chi connectivity index (χ1n) is 9.70. The first-order chi connectivity index (χ1) is 16.1. The van der Waals surface area contributed by atoms with E-state index >= 15 is 0 Å². The first kappa shape index (κ1) is 25.1. The maximum atomic E-state index is 13.3. The summed E-state index contributed by atoms with van der Waals surface area (Å²) in [4.78, 5) is 51.4. The molecular weight excluding hydrogens is 475 g/mol. The second-order valence-corrected chi connectivity index (χ2v) is 8.66. The number of hydrogen-bond donors (Lipinski definition) is 3. The number of carbonyl (C=O) groups is 4. The van der Waals surface area contributed by atoms with Crippen LogP contribution in [-0.2, 0) is 32.9 Å². The molecular formula is C19H21N4O10P. The van der Waals surface area contributed by atoms with E-state index in [1.165, 1.54) is 19.1 Å². The van der Waals surface area contributed by atoms with Gasteiger partial charge in [-0.2, -0.15) is 5.09 Å². The molecule has 2 unspecified atom stereocenters. The highest BCUT2D eigenvalue weighted by Gasteiger charge is 2.46. The average molecular weight is 496 g/mol. The summed E-state index contributed by atoms with van der Waals surface area (Å²) in [6, 6.07) is 6.74. The van der Waals surface area contributed by atoms with Gasteiger partial charge in [-0.05, 0) is 19.1 Å². The van der Waals surface area contributed by atoms with Crippen LogP contribution in [0.4, 0.5) is 0 Å². The number of rotatable bonds is 10. The second-order valence-electron chi connectivity index (χ2n) is 6.97. The number of Topliss-reactive ketones (excluding diaryl/α,β-unsaturated/α-hetero) is 2. The van der Waals surface area contributed by atoms with Crippen molar-refractivity contribution in [2.24, 2.45) is 5.73 Å². The minimum Gasteiger partial charge on any atom is -0.493 e. The normalized spacial score (nSPS) is 20.5. The van der Waals surface area contributed by atoms with E-state index < -0.39 is 67.7 Å². The summed E-state index contributed by atoms with van der Waals surface area (Å²) in [5.74, 6) is -4.59. The number of amides is 1. The molecule has 34 heavy (non-hydrogen) atoms. The molecule has 0 spiro atoms. The highest BCUT2D eigenvalue weighted by Crippen LogP contribution is 2.45. The minimum atomic E-state index is -4.30. The van der Waals surface area contributed by atoms with Gasteiger partial charge in [-0.1, -0.05) is 18.2 Å².